The van der Waals surface area contributed by atoms with Crippen molar-refractivity contribution in [2.75, 3.05) is 25.6 Å². The monoisotopic (exact) mass is 334 g/mol. The number of ether oxygens (including phenoxy) is 1. The first-order valence-corrected chi connectivity index (χ1v) is 8.44. The van der Waals surface area contributed by atoms with Crippen LogP contribution in [0.15, 0.2) is 17.0 Å². The lowest BCUT2D eigenvalue weighted by Crippen LogP contribution is -2.54. The molecule has 0 bridgehead atoms. The number of hydrogen-bond donors (Lipinski definition) is 3. The van der Waals surface area contributed by atoms with Gasteiger partial charge in [-0.1, -0.05) is 11.6 Å². The van der Waals surface area contributed by atoms with E-state index in [1.807, 2.05) is 0 Å². The van der Waals surface area contributed by atoms with Crippen LogP contribution in [0.5, 0.6) is 0 Å². The summed E-state index contributed by atoms with van der Waals surface area (Å²) in [5, 5.41) is 9.85. The molecule has 1 heterocycles. The van der Waals surface area contributed by atoms with E-state index in [1.165, 1.54) is 12.1 Å². The van der Waals surface area contributed by atoms with Gasteiger partial charge in [0.15, 0.2) is 0 Å². The lowest BCUT2D eigenvalue weighted by atomic mass is 9.93. The largest absolute Gasteiger partial charge is 0.398 e. The Balaban J connectivity index is 2.38. The van der Waals surface area contributed by atoms with Crippen LogP contribution in [0.25, 0.3) is 0 Å². The second-order valence-electron chi connectivity index (χ2n) is 5.27. The molecule has 0 unspecified atom stereocenters. The maximum Gasteiger partial charge on any atom is 0.241 e. The maximum atomic E-state index is 12.6. The van der Waals surface area contributed by atoms with E-state index in [-0.39, 0.29) is 16.5 Å². The molecule has 21 heavy (non-hydrogen) atoms. The van der Waals surface area contributed by atoms with Crippen LogP contribution in [0, 0.1) is 6.92 Å². The minimum atomic E-state index is -3.84. The Labute approximate surface area is 129 Å². The van der Waals surface area contributed by atoms with Crippen LogP contribution in [-0.4, -0.2) is 38.9 Å². The van der Waals surface area contributed by atoms with Crippen molar-refractivity contribution in [1.82, 2.24) is 4.72 Å². The van der Waals surface area contributed by atoms with Gasteiger partial charge in [-0.2, -0.15) is 0 Å². The number of nitrogens with one attached hydrogen (secondary N) is 1. The molecule has 118 valence electrons. The molecule has 0 aliphatic carbocycles. The number of aliphatic hydroxyl groups excluding tert-OH is 1. The van der Waals surface area contributed by atoms with Crippen molar-refractivity contribution >= 4 is 27.3 Å². The Kier molecular flexibility index (Phi) is 4.79. The zero-order valence-electron chi connectivity index (χ0n) is 11.7. The second kappa shape index (κ2) is 6.10. The van der Waals surface area contributed by atoms with E-state index in [2.05, 4.69) is 4.72 Å². The topological polar surface area (TPSA) is 102 Å². The number of halogens is 1. The Morgan fingerprint density at radius 3 is 2.62 bits per heavy atom. The molecule has 0 atom stereocenters. The molecule has 0 saturated carbocycles. The molecule has 2 rings (SSSR count). The van der Waals surface area contributed by atoms with Crippen LogP contribution in [0.4, 0.5) is 5.69 Å². The number of nitrogens with two attached hydrogens (primary N) is 1. The molecule has 0 radical (unpaired) electrons. The van der Waals surface area contributed by atoms with E-state index in [0.717, 1.165) is 0 Å². The van der Waals surface area contributed by atoms with Crippen LogP contribution in [0.3, 0.4) is 0 Å². The van der Waals surface area contributed by atoms with Crippen LogP contribution >= 0.6 is 11.6 Å². The molecule has 0 amide bonds. The van der Waals surface area contributed by atoms with Gasteiger partial charge in [0.1, 0.15) is 0 Å². The summed E-state index contributed by atoms with van der Waals surface area (Å²) >= 11 is 5.90. The minimum absolute atomic E-state index is 0.0341. The van der Waals surface area contributed by atoms with Crippen LogP contribution in [0.2, 0.25) is 5.02 Å². The van der Waals surface area contributed by atoms with Gasteiger partial charge in [0.25, 0.3) is 0 Å². The van der Waals surface area contributed by atoms with E-state index in [0.29, 0.717) is 37.3 Å². The third-order valence-corrected chi connectivity index (χ3v) is 5.68. The molecular formula is C13H19ClN2O4S. The van der Waals surface area contributed by atoms with Gasteiger partial charge in [-0.3, -0.25) is 0 Å². The van der Waals surface area contributed by atoms with Crippen molar-refractivity contribution < 1.29 is 18.3 Å². The van der Waals surface area contributed by atoms with Gasteiger partial charge in [0, 0.05) is 23.9 Å². The van der Waals surface area contributed by atoms with Gasteiger partial charge in [0.2, 0.25) is 10.0 Å². The number of rotatable bonds is 4. The molecule has 1 aliphatic rings. The predicted octanol–water partition coefficient (Wildman–Crippen LogP) is 1.05. The Morgan fingerprint density at radius 1 is 1.43 bits per heavy atom. The third-order valence-electron chi connectivity index (χ3n) is 3.76. The molecule has 1 aromatic carbocycles. The van der Waals surface area contributed by atoms with Crippen molar-refractivity contribution in [2.24, 2.45) is 0 Å². The molecule has 6 nitrogen and oxygen atoms in total. The number of aliphatic hydroxyl groups is 1. The number of hydrogen-bond acceptors (Lipinski definition) is 5. The highest BCUT2D eigenvalue weighted by atomic mass is 35.5. The summed E-state index contributed by atoms with van der Waals surface area (Å²) in [7, 11) is -3.84. The van der Waals surface area contributed by atoms with E-state index in [1.54, 1.807) is 6.92 Å². The first-order chi connectivity index (χ1) is 9.80. The summed E-state index contributed by atoms with van der Waals surface area (Å²) in [5.41, 5.74) is 5.62. The predicted molar refractivity (Wildman–Crippen MR) is 80.8 cm³/mol. The van der Waals surface area contributed by atoms with E-state index in [4.69, 9.17) is 22.1 Å². The Morgan fingerprint density at radius 2 is 2.05 bits per heavy atom. The molecule has 4 N–H and O–H groups in total. The fourth-order valence-electron chi connectivity index (χ4n) is 2.35. The van der Waals surface area contributed by atoms with E-state index < -0.39 is 15.6 Å². The zero-order chi connectivity index (χ0) is 15.7. The molecular weight excluding hydrogens is 316 g/mol. The Bertz CT molecular complexity index is 627. The average Bonchev–Trinajstić information content (AvgIpc) is 2.43. The summed E-state index contributed by atoms with van der Waals surface area (Å²) < 4.78 is 33.0. The van der Waals surface area contributed by atoms with Crippen LogP contribution < -0.4 is 10.5 Å². The fourth-order valence-corrected chi connectivity index (χ4v) is 4.39. The maximum absolute atomic E-state index is 12.6. The van der Waals surface area contributed by atoms with Gasteiger partial charge in [0.05, 0.1) is 17.0 Å². The van der Waals surface area contributed by atoms with Crippen LogP contribution in [0.1, 0.15) is 18.4 Å². The number of nitrogen functional groups attached to an aromatic ring is 1. The first-order valence-electron chi connectivity index (χ1n) is 6.58. The van der Waals surface area contributed by atoms with Gasteiger partial charge in [-0.25, -0.2) is 13.1 Å². The fraction of sp³-hybridized carbons (Fsp3) is 0.538. The normalized spacial score (nSPS) is 18.6. The Hall–Kier alpha value is -0.860. The van der Waals surface area contributed by atoms with Crippen molar-refractivity contribution in [2.45, 2.75) is 30.2 Å². The molecule has 1 aliphatic heterocycles. The number of anilines is 1. The van der Waals surface area contributed by atoms with Gasteiger partial charge in [-0.05, 0) is 37.5 Å². The summed E-state index contributed by atoms with van der Waals surface area (Å²) in [4.78, 5) is 0.0341. The minimum Gasteiger partial charge on any atom is -0.398 e. The second-order valence-corrected chi connectivity index (χ2v) is 7.36. The lowest BCUT2D eigenvalue weighted by Gasteiger charge is -2.36. The lowest BCUT2D eigenvalue weighted by molar-refractivity contribution is 0.0223. The van der Waals surface area contributed by atoms with Gasteiger partial charge < -0.3 is 15.6 Å². The summed E-state index contributed by atoms with van der Waals surface area (Å²) in [6.45, 7) is 2.14. The highest BCUT2D eigenvalue weighted by Crippen LogP contribution is 2.29. The smallest absolute Gasteiger partial charge is 0.241 e. The number of sulfonamides is 1. The molecule has 1 saturated heterocycles. The molecule has 8 heteroatoms. The molecule has 0 aromatic heterocycles. The van der Waals surface area contributed by atoms with Crippen molar-refractivity contribution in [3.8, 4) is 0 Å². The zero-order valence-corrected chi connectivity index (χ0v) is 13.3. The van der Waals surface area contributed by atoms with Crippen molar-refractivity contribution in [3.63, 3.8) is 0 Å². The average molecular weight is 335 g/mol. The highest BCUT2D eigenvalue weighted by Gasteiger charge is 2.37. The summed E-state index contributed by atoms with van der Waals surface area (Å²) in [6, 6.07) is 2.87. The van der Waals surface area contributed by atoms with Gasteiger partial charge >= 0.3 is 0 Å². The standard InChI is InChI=1S/C13H19ClN2O4S/c1-9-11(15)6-10(14)7-12(9)21(18,19)16-13(8-17)2-4-20-5-3-13/h6-7,16-17H,2-5,8,15H2,1H3. The summed E-state index contributed by atoms with van der Waals surface area (Å²) in [5.74, 6) is 0. The SMILES string of the molecule is Cc1c(N)cc(Cl)cc1S(=O)(=O)NC1(CO)CCOCC1. The summed E-state index contributed by atoms with van der Waals surface area (Å²) in [6.07, 6.45) is 0.829. The highest BCUT2D eigenvalue weighted by molar-refractivity contribution is 7.89. The third kappa shape index (κ3) is 3.49. The van der Waals surface area contributed by atoms with Crippen molar-refractivity contribution in [1.29, 1.82) is 0 Å². The number of benzene rings is 1. The van der Waals surface area contributed by atoms with E-state index >= 15 is 0 Å². The van der Waals surface area contributed by atoms with E-state index in [9.17, 15) is 13.5 Å². The van der Waals surface area contributed by atoms with Gasteiger partial charge in [-0.15, -0.1) is 0 Å². The van der Waals surface area contributed by atoms with Crippen LogP contribution in [-0.2, 0) is 14.8 Å². The van der Waals surface area contributed by atoms with Crippen molar-refractivity contribution in [3.05, 3.63) is 22.7 Å². The molecule has 0 spiro atoms. The quantitative estimate of drug-likeness (QED) is 0.714. The molecule has 1 fully saturated rings. The molecule has 1 aromatic rings. The first kappa shape index (κ1) is 16.5.